The van der Waals surface area contributed by atoms with E-state index in [1.807, 2.05) is 24.3 Å². The number of rotatable bonds is 2. The summed E-state index contributed by atoms with van der Waals surface area (Å²) in [6.07, 6.45) is 1.57. The average Bonchev–Trinajstić information content (AvgIpc) is 2.63. The highest BCUT2D eigenvalue weighted by atomic mass is 19.1. The predicted octanol–water partition coefficient (Wildman–Crippen LogP) is 3.80. The number of aliphatic hydroxyl groups excluding tert-OH is 1. The number of aliphatic hydroxyl groups is 1. The van der Waals surface area contributed by atoms with E-state index in [1.165, 1.54) is 12.1 Å². The smallest absolute Gasteiger partial charge is 0.171 e. The Morgan fingerprint density at radius 2 is 1.85 bits per heavy atom. The molecule has 0 radical (unpaired) electrons. The summed E-state index contributed by atoms with van der Waals surface area (Å²) in [4.78, 5) is 19.3. The molecule has 1 saturated heterocycles. The van der Waals surface area contributed by atoms with Gasteiger partial charge in [-0.3, -0.25) is 9.79 Å². The first kappa shape index (κ1) is 16.9. The summed E-state index contributed by atoms with van der Waals surface area (Å²) in [5, 5.41) is 9.63. The normalized spacial score (nSPS) is 17.9. The molecule has 2 aliphatic heterocycles. The molecule has 134 valence electrons. The van der Waals surface area contributed by atoms with Crippen LogP contribution in [0.5, 0.6) is 0 Å². The highest BCUT2D eigenvalue weighted by Crippen LogP contribution is 2.32. The highest BCUT2D eigenvalue weighted by Gasteiger charge is 2.23. The van der Waals surface area contributed by atoms with E-state index < -0.39 is 5.82 Å². The fraction of sp³-hybridized carbons (Fsp3) is 0.333. The van der Waals surface area contributed by atoms with Crippen molar-refractivity contribution < 1.29 is 14.3 Å². The Labute approximate surface area is 152 Å². The SMILES string of the molecule is Cc1cc(F)cc2c1N=C(c1ccc(N3CCC(O)CC3)cc1)CC2=O. The molecule has 0 amide bonds. The minimum atomic E-state index is -0.399. The van der Waals surface area contributed by atoms with Gasteiger partial charge in [0, 0.05) is 24.3 Å². The summed E-state index contributed by atoms with van der Waals surface area (Å²) >= 11 is 0. The van der Waals surface area contributed by atoms with Gasteiger partial charge in [0.05, 0.1) is 23.9 Å². The predicted molar refractivity (Wildman–Crippen MR) is 100 cm³/mol. The number of carbonyl (C=O) groups excluding carboxylic acids is 1. The van der Waals surface area contributed by atoms with E-state index in [1.54, 1.807) is 6.92 Å². The van der Waals surface area contributed by atoms with Crippen molar-refractivity contribution >= 4 is 22.9 Å². The van der Waals surface area contributed by atoms with Crippen molar-refractivity contribution in [2.75, 3.05) is 18.0 Å². The number of benzene rings is 2. The highest BCUT2D eigenvalue weighted by molar-refractivity contribution is 6.21. The van der Waals surface area contributed by atoms with Crippen LogP contribution in [0.25, 0.3) is 0 Å². The van der Waals surface area contributed by atoms with Crippen LogP contribution in [0.3, 0.4) is 0 Å². The number of anilines is 1. The van der Waals surface area contributed by atoms with Crippen molar-refractivity contribution in [1.82, 2.24) is 0 Å². The number of aryl methyl sites for hydroxylation is 1. The Morgan fingerprint density at radius 3 is 2.54 bits per heavy atom. The number of hydrogen-bond acceptors (Lipinski definition) is 4. The number of piperidine rings is 1. The van der Waals surface area contributed by atoms with E-state index in [0.717, 1.165) is 42.9 Å². The van der Waals surface area contributed by atoms with E-state index >= 15 is 0 Å². The van der Waals surface area contributed by atoms with Gasteiger partial charge in [-0.1, -0.05) is 12.1 Å². The Kier molecular flexibility index (Phi) is 4.32. The maximum Gasteiger partial charge on any atom is 0.171 e. The minimum Gasteiger partial charge on any atom is -0.393 e. The van der Waals surface area contributed by atoms with Gasteiger partial charge in [0.1, 0.15) is 5.82 Å². The molecule has 0 atom stereocenters. The third kappa shape index (κ3) is 3.15. The van der Waals surface area contributed by atoms with Crippen LogP contribution in [0.1, 0.15) is 40.7 Å². The summed E-state index contributed by atoms with van der Waals surface area (Å²) in [5.74, 6) is -0.494. The zero-order chi connectivity index (χ0) is 18.3. The van der Waals surface area contributed by atoms with E-state index in [4.69, 9.17) is 0 Å². The van der Waals surface area contributed by atoms with Crippen LogP contribution in [0.2, 0.25) is 0 Å². The summed E-state index contributed by atoms with van der Waals surface area (Å²) in [7, 11) is 0. The lowest BCUT2D eigenvalue weighted by molar-refractivity contribution is 0.0999. The summed E-state index contributed by atoms with van der Waals surface area (Å²) in [6.45, 7) is 3.46. The van der Waals surface area contributed by atoms with Crippen LogP contribution in [-0.2, 0) is 0 Å². The molecule has 0 aromatic heterocycles. The average molecular weight is 352 g/mol. The fourth-order valence-electron chi connectivity index (χ4n) is 3.67. The standard InChI is InChI=1S/C21H21FN2O2/c1-13-10-15(22)11-18-20(26)12-19(23-21(13)18)14-2-4-16(5-3-14)24-8-6-17(25)7-9-24/h2-5,10-11,17,25H,6-9,12H2,1H3. The number of ketones is 1. The Morgan fingerprint density at radius 1 is 1.15 bits per heavy atom. The van der Waals surface area contributed by atoms with Gasteiger partial charge in [0.25, 0.3) is 0 Å². The van der Waals surface area contributed by atoms with Gasteiger partial charge in [-0.15, -0.1) is 0 Å². The van der Waals surface area contributed by atoms with Crippen molar-refractivity contribution in [2.45, 2.75) is 32.3 Å². The maximum absolute atomic E-state index is 13.6. The van der Waals surface area contributed by atoms with Crippen LogP contribution >= 0.6 is 0 Å². The molecule has 5 heteroatoms. The molecule has 0 aliphatic carbocycles. The fourth-order valence-corrected chi connectivity index (χ4v) is 3.67. The van der Waals surface area contributed by atoms with Gasteiger partial charge < -0.3 is 10.0 Å². The molecular formula is C21H21FN2O2. The molecule has 2 aromatic rings. The monoisotopic (exact) mass is 352 g/mol. The van der Waals surface area contributed by atoms with Crippen LogP contribution in [-0.4, -0.2) is 35.8 Å². The van der Waals surface area contributed by atoms with E-state index in [0.29, 0.717) is 16.8 Å². The molecule has 0 saturated carbocycles. The number of nitrogens with zero attached hydrogens (tertiary/aromatic N) is 2. The lowest BCUT2D eigenvalue weighted by Gasteiger charge is -2.31. The minimum absolute atomic E-state index is 0.0957. The van der Waals surface area contributed by atoms with Crippen molar-refractivity contribution in [3.05, 3.63) is 58.9 Å². The van der Waals surface area contributed by atoms with Crippen LogP contribution in [0, 0.1) is 12.7 Å². The molecule has 2 heterocycles. The number of aliphatic imine (C=N–C) groups is 1. The third-order valence-electron chi connectivity index (χ3n) is 5.17. The summed E-state index contributed by atoms with van der Waals surface area (Å²) < 4.78 is 13.6. The molecule has 0 spiro atoms. The zero-order valence-corrected chi connectivity index (χ0v) is 14.7. The maximum atomic E-state index is 13.6. The molecule has 26 heavy (non-hydrogen) atoms. The zero-order valence-electron chi connectivity index (χ0n) is 14.7. The number of fused-ring (bicyclic) bond motifs is 1. The molecule has 4 rings (SSSR count). The van der Waals surface area contributed by atoms with Crippen molar-refractivity contribution in [3.8, 4) is 0 Å². The van der Waals surface area contributed by atoms with Crippen LogP contribution < -0.4 is 4.90 Å². The Bertz CT molecular complexity index is 882. The van der Waals surface area contributed by atoms with Gasteiger partial charge in [0.15, 0.2) is 5.78 Å². The van der Waals surface area contributed by atoms with Crippen molar-refractivity contribution in [1.29, 1.82) is 0 Å². The lowest BCUT2D eigenvalue weighted by Crippen LogP contribution is -2.35. The first-order valence-electron chi connectivity index (χ1n) is 8.95. The first-order chi connectivity index (χ1) is 12.5. The molecule has 1 fully saturated rings. The van der Waals surface area contributed by atoms with E-state index in [9.17, 15) is 14.3 Å². The van der Waals surface area contributed by atoms with Gasteiger partial charge in [-0.25, -0.2) is 4.39 Å². The van der Waals surface area contributed by atoms with Gasteiger partial charge >= 0.3 is 0 Å². The third-order valence-corrected chi connectivity index (χ3v) is 5.17. The number of Topliss-reactive ketones (excluding diaryl/α,β-unsaturated/α-hetero) is 1. The molecule has 1 N–H and O–H groups in total. The molecular weight excluding hydrogens is 331 g/mol. The second-order valence-electron chi connectivity index (χ2n) is 7.04. The van der Waals surface area contributed by atoms with Crippen molar-refractivity contribution in [3.63, 3.8) is 0 Å². The largest absolute Gasteiger partial charge is 0.393 e. The summed E-state index contributed by atoms with van der Waals surface area (Å²) in [6, 6.07) is 10.7. The first-order valence-corrected chi connectivity index (χ1v) is 8.95. The molecule has 4 nitrogen and oxygen atoms in total. The van der Waals surface area contributed by atoms with Gasteiger partial charge in [-0.05, 0) is 55.2 Å². The molecule has 2 aromatic carbocycles. The van der Waals surface area contributed by atoms with Gasteiger partial charge in [-0.2, -0.15) is 0 Å². The molecule has 0 unspecified atom stereocenters. The topological polar surface area (TPSA) is 52.9 Å². The Hall–Kier alpha value is -2.53. The van der Waals surface area contributed by atoms with E-state index in [2.05, 4.69) is 9.89 Å². The number of carbonyl (C=O) groups is 1. The van der Waals surface area contributed by atoms with E-state index in [-0.39, 0.29) is 18.3 Å². The quantitative estimate of drug-likeness (QED) is 0.894. The Balaban J connectivity index is 1.62. The second kappa shape index (κ2) is 6.65. The number of halogens is 1. The molecule has 0 bridgehead atoms. The second-order valence-corrected chi connectivity index (χ2v) is 7.04. The van der Waals surface area contributed by atoms with Crippen LogP contribution in [0.15, 0.2) is 41.4 Å². The van der Waals surface area contributed by atoms with Crippen LogP contribution in [0.4, 0.5) is 15.8 Å². The number of hydrogen-bond donors (Lipinski definition) is 1. The summed E-state index contributed by atoms with van der Waals surface area (Å²) in [5.41, 5.74) is 4.36. The molecule has 2 aliphatic rings. The van der Waals surface area contributed by atoms with Crippen molar-refractivity contribution in [2.24, 2.45) is 4.99 Å². The lowest BCUT2D eigenvalue weighted by atomic mass is 9.94. The van der Waals surface area contributed by atoms with Gasteiger partial charge in [0.2, 0.25) is 0 Å².